The molecule has 0 bridgehead atoms. The third-order valence-electron chi connectivity index (χ3n) is 2.07. The van der Waals surface area contributed by atoms with Gasteiger partial charge in [0.15, 0.2) is 0 Å². The summed E-state index contributed by atoms with van der Waals surface area (Å²) < 4.78 is 9.99. The summed E-state index contributed by atoms with van der Waals surface area (Å²) in [7, 11) is 0. The Hall–Kier alpha value is -2.03. The maximum atomic E-state index is 11.6. The lowest BCUT2D eigenvalue weighted by molar-refractivity contribution is 0.0548. The Balaban J connectivity index is 2.32. The summed E-state index contributed by atoms with van der Waals surface area (Å²) in [6.45, 7) is 3.68. The van der Waals surface area contributed by atoms with E-state index in [0.717, 1.165) is 11.1 Å². The number of hydrogen-bond acceptors (Lipinski definition) is 3. The minimum absolute atomic E-state index is 0.204. The zero-order valence-electron chi connectivity index (χ0n) is 8.10. The van der Waals surface area contributed by atoms with Gasteiger partial charge in [0.1, 0.15) is 18.4 Å². The van der Waals surface area contributed by atoms with Crippen LogP contribution in [-0.2, 0) is 4.74 Å². The van der Waals surface area contributed by atoms with Crippen LogP contribution in [0.4, 0.5) is 0 Å². The molecule has 3 heteroatoms. The van der Waals surface area contributed by atoms with Gasteiger partial charge in [0.2, 0.25) is 0 Å². The number of hydrogen-bond donors (Lipinski definition) is 0. The Bertz CT molecular complexity index is 456. The fourth-order valence-electron chi connectivity index (χ4n) is 1.39. The molecule has 0 fully saturated rings. The molecule has 1 aliphatic carbocycles. The van der Waals surface area contributed by atoms with Crippen LogP contribution in [0.1, 0.15) is 10.4 Å². The zero-order valence-corrected chi connectivity index (χ0v) is 8.10. The van der Waals surface area contributed by atoms with E-state index in [1.807, 2.05) is 18.2 Å². The topological polar surface area (TPSA) is 39.4 Å². The van der Waals surface area contributed by atoms with Gasteiger partial charge < -0.3 is 9.15 Å². The third kappa shape index (κ3) is 1.76. The Morgan fingerprint density at radius 1 is 1.47 bits per heavy atom. The quantitative estimate of drug-likeness (QED) is 0.567. The van der Waals surface area contributed by atoms with Crippen LogP contribution in [0.15, 0.2) is 47.8 Å². The molecule has 0 unspecified atom stereocenters. The largest absolute Gasteiger partial charge is 0.471 e. The van der Waals surface area contributed by atoms with Crippen molar-refractivity contribution in [1.82, 2.24) is 0 Å². The molecule has 0 amide bonds. The molecule has 1 aliphatic heterocycles. The van der Waals surface area contributed by atoms with Crippen molar-refractivity contribution >= 4 is 5.97 Å². The summed E-state index contributed by atoms with van der Waals surface area (Å²) in [4.78, 5) is 11.6. The summed E-state index contributed by atoms with van der Waals surface area (Å²) in [5.74, 6) is -0.393. The van der Waals surface area contributed by atoms with Crippen molar-refractivity contribution < 1.29 is 13.9 Å². The molecule has 1 heterocycles. The summed E-state index contributed by atoms with van der Waals surface area (Å²) in [6, 6.07) is 5.60. The van der Waals surface area contributed by atoms with Crippen LogP contribution in [0, 0.1) is 0 Å². The maximum Gasteiger partial charge on any atom is 0.342 e. The van der Waals surface area contributed by atoms with Crippen molar-refractivity contribution in [2.45, 2.75) is 0 Å². The van der Waals surface area contributed by atoms with E-state index in [4.69, 9.17) is 9.15 Å². The molecule has 0 aromatic rings. The van der Waals surface area contributed by atoms with Crippen LogP contribution < -0.4 is 0 Å². The predicted octanol–water partition coefficient (Wildman–Crippen LogP) is 2.73. The molecule has 76 valence electrons. The Kier molecular flexibility index (Phi) is 2.54. The Morgan fingerprint density at radius 3 is 3.13 bits per heavy atom. The second kappa shape index (κ2) is 4.00. The number of carbonyl (C=O) groups excluding carboxylic acids is 1. The number of esters is 1. The van der Waals surface area contributed by atoms with Gasteiger partial charge >= 0.3 is 5.97 Å². The first-order valence-corrected chi connectivity index (χ1v) is 4.56. The number of rotatable bonds is 3. The minimum Gasteiger partial charge on any atom is -0.471 e. The fraction of sp³-hybridized carbons (Fsp3) is 0.0833. The molecule has 2 rings (SSSR count). The van der Waals surface area contributed by atoms with E-state index in [2.05, 4.69) is 6.58 Å². The van der Waals surface area contributed by atoms with E-state index in [0.29, 0.717) is 5.56 Å². The lowest BCUT2D eigenvalue weighted by atomic mass is 10.1. The number of ether oxygens (including phenoxy) is 1. The Morgan fingerprint density at radius 2 is 2.33 bits per heavy atom. The molecule has 0 atom stereocenters. The standard InChI is InChI=1S/C12H10O3/c1-2-6-15-12(13)11-8-14-7-9-4-3-5-10(9)11/h2-5,7-8H,1,6H2. The molecule has 3 nitrogen and oxygen atoms in total. The zero-order chi connectivity index (χ0) is 10.7. The highest BCUT2D eigenvalue weighted by molar-refractivity contribution is 5.97. The Labute approximate surface area is 87.3 Å². The highest BCUT2D eigenvalue weighted by Crippen LogP contribution is 2.27. The van der Waals surface area contributed by atoms with Crippen molar-refractivity contribution in [3.05, 3.63) is 48.9 Å². The smallest absolute Gasteiger partial charge is 0.342 e. The molecule has 0 aromatic carbocycles. The van der Waals surface area contributed by atoms with Gasteiger partial charge in [-0.3, -0.25) is 0 Å². The molecule has 0 N–H and O–H groups in total. The van der Waals surface area contributed by atoms with Crippen LogP contribution in [0.3, 0.4) is 0 Å². The van der Waals surface area contributed by atoms with Gasteiger partial charge in [-0.2, -0.15) is 0 Å². The molecule has 0 aromatic heterocycles. The molecule has 0 saturated heterocycles. The van der Waals surface area contributed by atoms with Crippen LogP contribution in [0.2, 0.25) is 0 Å². The lowest BCUT2D eigenvalue weighted by Crippen LogP contribution is -2.06. The molecular weight excluding hydrogens is 192 g/mol. The second-order valence-electron chi connectivity index (χ2n) is 3.07. The fourth-order valence-corrected chi connectivity index (χ4v) is 1.39. The highest BCUT2D eigenvalue weighted by Gasteiger charge is 2.16. The van der Waals surface area contributed by atoms with E-state index in [-0.39, 0.29) is 6.61 Å². The molecule has 0 spiro atoms. The first-order valence-electron chi connectivity index (χ1n) is 4.56. The third-order valence-corrected chi connectivity index (χ3v) is 2.07. The van der Waals surface area contributed by atoms with Crippen LogP contribution in [0.25, 0.3) is 11.1 Å². The summed E-state index contributed by atoms with van der Waals surface area (Å²) in [5, 5.41) is 0. The van der Waals surface area contributed by atoms with Crippen LogP contribution in [0.5, 0.6) is 0 Å². The first-order chi connectivity index (χ1) is 7.33. The summed E-state index contributed by atoms with van der Waals surface area (Å²) in [5.41, 5.74) is 2.18. The highest BCUT2D eigenvalue weighted by atomic mass is 16.5. The first kappa shape index (κ1) is 9.52. The van der Waals surface area contributed by atoms with Gasteiger partial charge in [0.05, 0.1) is 6.26 Å². The van der Waals surface area contributed by atoms with Gasteiger partial charge in [0, 0.05) is 11.1 Å². The van der Waals surface area contributed by atoms with Crippen molar-refractivity contribution in [2.24, 2.45) is 0 Å². The molecular formula is C12H10O3. The van der Waals surface area contributed by atoms with Gasteiger partial charge in [-0.25, -0.2) is 4.79 Å². The van der Waals surface area contributed by atoms with E-state index >= 15 is 0 Å². The van der Waals surface area contributed by atoms with E-state index in [1.165, 1.54) is 12.3 Å². The number of fused-ring (bicyclic) bond motifs is 1. The molecule has 0 saturated carbocycles. The molecule has 15 heavy (non-hydrogen) atoms. The lowest BCUT2D eigenvalue weighted by Gasteiger charge is -2.05. The van der Waals surface area contributed by atoms with Gasteiger partial charge in [-0.1, -0.05) is 30.9 Å². The second-order valence-corrected chi connectivity index (χ2v) is 3.07. The van der Waals surface area contributed by atoms with Crippen molar-refractivity contribution in [3.8, 4) is 11.1 Å². The van der Waals surface area contributed by atoms with Crippen molar-refractivity contribution in [2.75, 3.05) is 6.61 Å². The average molecular weight is 202 g/mol. The van der Waals surface area contributed by atoms with E-state index in [9.17, 15) is 4.79 Å². The van der Waals surface area contributed by atoms with Crippen LogP contribution in [-0.4, -0.2) is 12.6 Å². The SMILES string of the molecule is C=CCOC(=O)c1cocc2cccc1-2. The molecule has 2 aliphatic rings. The van der Waals surface area contributed by atoms with Gasteiger partial charge in [-0.05, 0) is 0 Å². The van der Waals surface area contributed by atoms with Crippen molar-refractivity contribution in [1.29, 1.82) is 0 Å². The molecule has 0 radical (unpaired) electrons. The van der Waals surface area contributed by atoms with E-state index < -0.39 is 5.97 Å². The summed E-state index contributed by atoms with van der Waals surface area (Å²) in [6.07, 6.45) is 4.52. The van der Waals surface area contributed by atoms with Crippen molar-refractivity contribution in [3.63, 3.8) is 0 Å². The predicted molar refractivity (Wildman–Crippen MR) is 55.8 cm³/mol. The summed E-state index contributed by atoms with van der Waals surface area (Å²) >= 11 is 0. The maximum absolute atomic E-state index is 11.6. The van der Waals surface area contributed by atoms with Gasteiger partial charge in [-0.15, -0.1) is 0 Å². The minimum atomic E-state index is -0.393. The van der Waals surface area contributed by atoms with Gasteiger partial charge in [0.25, 0.3) is 0 Å². The number of carbonyl (C=O) groups is 1. The monoisotopic (exact) mass is 202 g/mol. The normalized spacial score (nSPS) is 10.1. The van der Waals surface area contributed by atoms with E-state index in [1.54, 1.807) is 6.26 Å². The average Bonchev–Trinajstić information content (AvgIpc) is 2.73. The van der Waals surface area contributed by atoms with Crippen LogP contribution >= 0.6 is 0 Å².